The van der Waals surface area contributed by atoms with Crippen LogP contribution in [0.25, 0.3) is 0 Å². The number of hydrogen-bond acceptors (Lipinski definition) is 7. The molecule has 0 bridgehead atoms. The number of rotatable bonds is 22. The molecule has 8 N–H and O–H groups in total. The van der Waals surface area contributed by atoms with E-state index in [1.54, 1.807) is 72.8 Å². The van der Waals surface area contributed by atoms with Gasteiger partial charge in [0.2, 0.25) is 23.6 Å². The second-order valence-corrected chi connectivity index (χ2v) is 14.7. The van der Waals surface area contributed by atoms with Crippen molar-refractivity contribution in [3.63, 3.8) is 0 Å². The second kappa shape index (κ2) is 23.4. The van der Waals surface area contributed by atoms with Crippen LogP contribution in [0.15, 0.2) is 97.1 Å². The summed E-state index contributed by atoms with van der Waals surface area (Å²) in [5, 5.41) is 11.9. The van der Waals surface area contributed by atoms with Gasteiger partial charge in [-0.25, -0.2) is 0 Å². The number of amides is 4. The van der Waals surface area contributed by atoms with Crippen molar-refractivity contribution in [1.29, 1.82) is 0 Å². The van der Waals surface area contributed by atoms with Crippen LogP contribution in [-0.4, -0.2) is 48.8 Å². The predicted molar refractivity (Wildman–Crippen MR) is 221 cm³/mol. The zero-order valence-corrected chi connectivity index (χ0v) is 33.8. The van der Waals surface area contributed by atoms with Crippen molar-refractivity contribution in [2.45, 2.75) is 82.4 Å². The minimum atomic E-state index is -4.42. The summed E-state index contributed by atoms with van der Waals surface area (Å²) in [7, 11) is 0. The highest BCUT2D eigenvalue weighted by Gasteiger charge is 2.31. The number of unbranched alkanes of at least 4 members (excludes halogenated alkanes) is 2. The first-order valence-electron chi connectivity index (χ1n) is 19.2. The van der Waals surface area contributed by atoms with E-state index in [4.69, 9.17) is 39.4 Å². The van der Waals surface area contributed by atoms with Gasteiger partial charge < -0.3 is 37.5 Å². The van der Waals surface area contributed by atoms with Crippen LogP contribution in [0, 0.1) is 0 Å². The lowest BCUT2D eigenvalue weighted by atomic mass is 10.0. The third kappa shape index (κ3) is 15.5. The van der Waals surface area contributed by atoms with Crippen LogP contribution in [0.3, 0.4) is 0 Å². The van der Waals surface area contributed by atoms with Crippen LogP contribution in [0.1, 0.15) is 72.4 Å². The van der Waals surface area contributed by atoms with Crippen molar-refractivity contribution in [3.05, 3.63) is 135 Å². The van der Waals surface area contributed by atoms with Gasteiger partial charge in [-0.3, -0.25) is 19.2 Å². The van der Waals surface area contributed by atoms with E-state index < -0.39 is 53.5 Å². The molecule has 59 heavy (non-hydrogen) atoms. The van der Waals surface area contributed by atoms with Gasteiger partial charge in [0.25, 0.3) is 0 Å². The highest BCUT2D eigenvalue weighted by molar-refractivity contribution is 6.42. The third-order valence-corrected chi connectivity index (χ3v) is 10.0. The van der Waals surface area contributed by atoms with Crippen LogP contribution in [-0.2, 0) is 44.9 Å². The van der Waals surface area contributed by atoms with Crippen molar-refractivity contribution in [3.8, 4) is 5.75 Å². The molecule has 0 saturated carbocycles. The van der Waals surface area contributed by atoms with Crippen molar-refractivity contribution in [2.75, 3.05) is 13.1 Å². The predicted octanol–water partition coefficient (Wildman–Crippen LogP) is 6.54. The second-order valence-electron chi connectivity index (χ2n) is 13.9. The number of alkyl halides is 3. The Kier molecular flexibility index (Phi) is 18.5. The van der Waals surface area contributed by atoms with Gasteiger partial charge >= 0.3 is 6.18 Å². The fourth-order valence-electron chi connectivity index (χ4n) is 6.02. The van der Waals surface area contributed by atoms with Gasteiger partial charge in [-0.1, -0.05) is 83.9 Å². The average molecular weight is 858 g/mol. The summed E-state index contributed by atoms with van der Waals surface area (Å²) >= 11 is 12.1. The van der Waals surface area contributed by atoms with E-state index in [2.05, 4.69) is 21.3 Å². The van der Waals surface area contributed by atoms with Crippen LogP contribution in [0.4, 0.5) is 13.2 Å². The van der Waals surface area contributed by atoms with Gasteiger partial charge in [-0.15, -0.1) is 0 Å². The molecule has 16 heteroatoms. The summed E-state index contributed by atoms with van der Waals surface area (Å²) in [5.41, 5.74) is 13.1. The molecule has 0 heterocycles. The fourth-order valence-corrected chi connectivity index (χ4v) is 6.34. The number of nitrogens with one attached hydrogen (secondary N) is 4. The molecule has 4 rings (SSSR count). The smallest absolute Gasteiger partial charge is 0.416 e. The maximum absolute atomic E-state index is 14.0. The molecule has 0 aliphatic rings. The molecule has 0 spiro atoms. The minimum absolute atomic E-state index is 0.0595. The molecule has 3 atom stereocenters. The number of nitrogens with two attached hydrogens (primary N) is 2. The maximum atomic E-state index is 14.0. The molecule has 0 saturated heterocycles. The van der Waals surface area contributed by atoms with Crippen LogP contribution in [0.5, 0.6) is 5.75 Å². The molecule has 0 fully saturated rings. The van der Waals surface area contributed by atoms with Crippen LogP contribution < -0.4 is 37.5 Å². The Labute approximate surface area is 351 Å². The highest BCUT2D eigenvalue weighted by atomic mass is 35.5. The summed E-state index contributed by atoms with van der Waals surface area (Å²) in [5.74, 6) is -1.62. The Bertz CT molecular complexity index is 1970. The Balaban J connectivity index is 1.41. The molecule has 0 radical (unpaired) electrons. The zero-order chi connectivity index (χ0) is 42.8. The quantitative estimate of drug-likeness (QED) is 0.0487. The van der Waals surface area contributed by atoms with E-state index in [9.17, 15) is 32.3 Å². The maximum Gasteiger partial charge on any atom is 0.416 e. The van der Waals surface area contributed by atoms with Gasteiger partial charge in [-0.2, -0.15) is 13.2 Å². The Morgan fingerprint density at radius 3 is 1.81 bits per heavy atom. The Morgan fingerprint density at radius 2 is 1.22 bits per heavy atom. The molecule has 4 aromatic carbocycles. The summed E-state index contributed by atoms with van der Waals surface area (Å²) in [4.78, 5) is 54.6. The summed E-state index contributed by atoms with van der Waals surface area (Å²) in [6.07, 6.45) is -1.74. The first-order chi connectivity index (χ1) is 28.3. The minimum Gasteiger partial charge on any atom is -0.489 e. The van der Waals surface area contributed by atoms with Crippen LogP contribution >= 0.6 is 23.2 Å². The van der Waals surface area contributed by atoms with Gasteiger partial charge in [0, 0.05) is 6.54 Å². The van der Waals surface area contributed by atoms with Gasteiger partial charge in [0.05, 0.1) is 22.0 Å². The monoisotopic (exact) mass is 856 g/mol. The van der Waals surface area contributed by atoms with E-state index in [1.165, 1.54) is 12.1 Å². The summed E-state index contributed by atoms with van der Waals surface area (Å²) in [6, 6.07) is 21.8. The van der Waals surface area contributed by atoms with Crippen molar-refractivity contribution < 1.29 is 37.1 Å². The van der Waals surface area contributed by atoms with E-state index >= 15 is 0 Å². The van der Waals surface area contributed by atoms with Gasteiger partial charge in [-0.05, 0) is 110 Å². The van der Waals surface area contributed by atoms with Crippen molar-refractivity contribution in [1.82, 2.24) is 21.3 Å². The van der Waals surface area contributed by atoms with Crippen molar-refractivity contribution in [2.24, 2.45) is 11.5 Å². The largest absolute Gasteiger partial charge is 0.489 e. The van der Waals surface area contributed by atoms with Gasteiger partial charge in [0.1, 0.15) is 30.5 Å². The standard InChI is InChI=1S/C43H49Cl2F3N6O5/c44-34-21-16-30(24-35(34)45)25-38(55)52-36(10-4-6-22-49)40(56)53-37(11-5-7-23-50)41(57)54-39(31-8-2-1-3-9-31)42(58)51-26-28-14-19-33(20-15-28)59-27-29-12-17-32(18-13-29)43(46,47)48/h1-3,8-9,12-21,24,36-37,39H,4-7,10-11,22-23,25-27,49-50H2,(H,51,58)(H,52,55)(H,53,56)(H,54,57)/t36-,37-,39-/m0/s1. The summed E-state index contributed by atoms with van der Waals surface area (Å²) in [6.45, 7) is 0.924. The first-order valence-corrected chi connectivity index (χ1v) is 20.0. The first kappa shape index (κ1) is 46.5. The fraction of sp³-hybridized carbons (Fsp3) is 0.349. The lowest BCUT2D eigenvalue weighted by Gasteiger charge is -2.26. The molecular formula is C43H49Cl2F3N6O5. The molecular weight excluding hydrogens is 808 g/mol. The number of hydrogen-bond donors (Lipinski definition) is 6. The average Bonchev–Trinajstić information content (AvgIpc) is 3.22. The Hall–Kier alpha value is -5.15. The molecule has 11 nitrogen and oxygen atoms in total. The van der Waals surface area contributed by atoms with E-state index in [0.29, 0.717) is 76.8 Å². The number of carbonyl (C=O) groups is 4. The SMILES string of the molecule is NCCCC[C@H](NC(=O)Cc1ccc(Cl)c(Cl)c1)C(=O)N[C@@H](CCCCN)C(=O)N[C@H](C(=O)NCc1ccc(OCc2ccc(C(F)(F)F)cc2)cc1)c1ccccc1. The summed E-state index contributed by atoms with van der Waals surface area (Å²) < 4.78 is 44.4. The highest BCUT2D eigenvalue weighted by Crippen LogP contribution is 2.29. The lowest BCUT2D eigenvalue weighted by Crippen LogP contribution is -2.55. The normalized spacial score (nSPS) is 12.8. The molecule has 0 aliphatic carbocycles. The van der Waals surface area contributed by atoms with E-state index in [0.717, 1.165) is 12.1 Å². The topological polar surface area (TPSA) is 178 Å². The molecule has 4 amide bonds. The third-order valence-electron chi connectivity index (χ3n) is 9.29. The molecule has 0 aromatic heterocycles. The van der Waals surface area contributed by atoms with E-state index in [1.807, 2.05) is 0 Å². The number of benzene rings is 4. The molecule has 0 unspecified atom stereocenters. The van der Waals surface area contributed by atoms with E-state index in [-0.39, 0.29) is 32.4 Å². The van der Waals surface area contributed by atoms with Crippen LogP contribution in [0.2, 0.25) is 10.0 Å². The number of carbonyl (C=O) groups excluding carboxylic acids is 4. The molecule has 0 aliphatic heterocycles. The van der Waals surface area contributed by atoms with Crippen molar-refractivity contribution >= 4 is 46.8 Å². The molecule has 316 valence electrons. The lowest BCUT2D eigenvalue weighted by molar-refractivity contribution is -0.137. The number of halogens is 5. The number of ether oxygens (including phenoxy) is 1. The zero-order valence-electron chi connectivity index (χ0n) is 32.3. The van der Waals surface area contributed by atoms with Gasteiger partial charge in [0.15, 0.2) is 0 Å². The molecule has 4 aromatic rings. The Morgan fingerprint density at radius 1 is 0.644 bits per heavy atom.